The molecule has 392 valence electrons. The number of carbonyl (C=O) groups is 9. The van der Waals surface area contributed by atoms with Gasteiger partial charge in [0.25, 0.3) is 0 Å². The second kappa shape index (κ2) is 31.2. The number of anilines is 1. The number of phosphoric acid groups is 1. The third-order valence-electron chi connectivity index (χ3n) is 9.54. The van der Waals surface area contributed by atoms with E-state index in [2.05, 4.69) is 26.6 Å². The van der Waals surface area contributed by atoms with Crippen molar-refractivity contribution in [3.05, 3.63) is 23.8 Å². The number of carboxylic acids is 4. The molecule has 1 saturated heterocycles. The van der Waals surface area contributed by atoms with Crippen LogP contribution in [0.4, 0.5) is 5.69 Å². The number of aliphatic carboxylic acids is 4. The van der Waals surface area contributed by atoms with E-state index in [1.165, 1.54) is 25.3 Å². The number of thiocarbonyl (C=S) groups is 1. The number of carbonyl (C=O) groups excluding carboxylic acids is 5. The van der Waals surface area contributed by atoms with E-state index in [4.69, 9.17) is 35.5 Å². The number of methoxy groups -OCH3 is 1. The summed E-state index contributed by atoms with van der Waals surface area (Å²) < 4.78 is 36.7. The quantitative estimate of drug-likeness (QED) is 0.0177. The van der Waals surface area contributed by atoms with Gasteiger partial charge in [-0.1, -0.05) is 0 Å². The fraction of sp³-hybridized carbons (Fsp3) is 0.590. The number of hydrogen-bond donors (Lipinski definition) is 10. The molecule has 0 spiro atoms. The summed E-state index contributed by atoms with van der Waals surface area (Å²) in [6.45, 7) is -1.86. The van der Waals surface area contributed by atoms with Crippen molar-refractivity contribution in [2.45, 2.75) is 26.0 Å². The first-order valence-electron chi connectivity index (χ1n) is 21.2. The molecule has 0 aromatic heterocycles. The van der Waals surface area contributed by atoms with Gasteiger partial charge in [-0.25, -0.2) is 4.57 Å². The van der Waals surface area contributed by atoms with Crippen molar-refractivity contribution >= 4 is 84.4 Å². The van der Waals surface area contributed by atoms with Gasteiger partial charge in [-0.05, 0) is 30.4 Å². The van der Waals surface area contributed by atoms with Crippen LogP contribution in [0.2, 0.25) is 0 Å². The summed E-state index contributed by atoms with van der Waals surface area (Å²) in [5.74, 6) is -8.21. The van der Waals surface area contributed by atoms with Crippen LogP contribution in [-0.4, -0.2) is 235 Å². The number of carboxylic acid groups (broad SMARTS) is 4. The van der Waals surface area contributed by atoms with Crippen LogP contribution in [0.5, 0.6) is 5.75 Å². The average molecular weight is 1040 g/mol. The van der Waals surface area contributed by atoms with Crippen molar-refractivity contribution < 1.29 is 96.3 Å². The minimum Gasteiger partial charge on any atom is -0.496 e. The maximum absolute atomic E-state index is 13.1. The number of ether oxygens (including phenoxy) is 3. The van der Waals surface area contributed by atoms with E-state index < -0.39 is 126 Å². The predicted octanol–water partition coefficient (Wildman–Crippen LogP) is -3.44. The van der Waals surface area contributed by atoms with Crippen LogP contribution < -0.4 is 31.3 Å². The zero-order valence-electron chi connectivity index (χ0n) is 38.6. The van der Waals surface area contributed by atoms with Gasteiger partial charge in [-0.3, -0.25) is 71.8 Å². The van der Waals surface area contributed by atoms with E-state index in [-0.39, 0.29) is 87.6 Å². The molecule has 1 fully saturated rings. The number of hydrogen-bond acceptors (Lipinski definition) is 20. The largest absolute Gasteiger partial charge is 0.496 e. The number of esters is 2. The molecule has 31 heteroatoms. The first-order valence-corrected chi connectivity index (χ1v) is 23.1. The molecule has 0 bridgehead atoms. The molecule has 2 rings (SSSR count). The van der Waals surface area contributed by atoms with Crippen molar-refractivity contribution in [2.75, 3.05) is 130 Å². The van der Waals surface area contributed by atoms with E-state index >= 15 is 0 Å². The van der Waals surface area contributed by atoms with Gasteiger partial charge in [0.15, 0.2) is 11.2 Å². The van der Waals surface area contributed by atoms with Crippen molar-refractivity contribution in [1.82, 2.24) is 40.9 Å². The lowest BCUT2D eigenvalue weighted by molar-refractivity contribution is -0.158. The second-order valence-electron chi connectivity index (χ2n) is 15.1. The molecule has 3 atom stereocenters. The number of nitrogens with one attached hydrogen (secondary N) is 5. The van der Waals surface area contributed by atoms with Gasteiger partial charge in [0.05, 0.1) is 59.6 Å². The van der Waals surface area contributed by atoms with Crippen LogP contribution in [0, 0.1) is 0 Å². The molecule has 0 aliphatic carbocycles. The molecule has 1 aromatic rings. The number of amides is 3. The molecule has 1 aliphatic heterocycles. The topological polar surface area (TPSA) is 391 Å². The molecular weight excluding hydrogens is 978 g/mol. The van der Waals surface area contributed by atoms with Gasteiger partial charge in [0.1, 0.15) is 18.4 Å². The fourth-order valence-corrected chi connectivity index (χ4v) is 7.32. The molecule has 3 amide bonds. The molecule has 10 N–H and O–H groups in total. The Bertz CT molecular complexity index is 2020. The van der Waals surface area contributed by atoms with Crippen LogP contribution in [0.25, 0.3) is 0 Å². The van der Waals surface area contributed by atoms with Gasteiger partial charge in [-0.2, -0.15) is 0 Å². The molecule has 1 aromatic carbocycles. The molecule has 29 nitrogen and oxygen atoms in total. The Labute approximate surface area is 406 Å². The van der Waals surface area contributed by atoms with Crippen LogP contribution >= 0.6 is 20.0 Å². The number of rotatable bonds is 27. The summed E-state index contributed by atoms with van der Waals surface area (Å²) in [5, 5.41) is 51.6. The summed E-state index contributed by atoms with van der Waals surface area (Å²) >= 11 is 5.33. The first-order chi connectivity index (χ1) is 33.0. The summed E-state index contributed by atoms with van der Waals surface area (Å²) in [5.41, 5.74) is 0.407. The van der Waals surface area contributed by atoms with Crippen LogP contribution in [0.3, 0.4) is 0 Å². The molecule has 0 saturated carbocycles. The highest BCUT2D eigenvalue weighted by Gasteiger charge is 2.32. The lowest BCUT2D eigenvalue weighted by Crippen LogP contribution is -2.49. The third-order valence-corrected chi connectivity index (χ3v) is 10.8. The smallest absolute Gasteiger partial charge is 0.472 e. The SMILES string of the molecule is COc1ccc(NC(=S)NCC(=O)NCC(=O)NCC(=O)NCCOP(=O)(O)OCC(COC(C)=O)OC(C)=O)cc1C(C(=O)O)N1CCN(CC(=O)O)CCN(CC(=O)O)CCN(CC(=O)O)CC1. The molecular formula is C39H60N9O20PS. The van der Waals surface area contributed by atoms with E-state index in [0.717, 1.165) is 13.8 Å². The Hall–Kier alpha value is -6.11. The van der Waals surface area contributed by atoms with E-state index in [0.29, 0.717) is 0 Å². The van der Waals surface area contributed by atoms with Crippen molar-refractivity contribution in [3.8, 4) is 5.75 Å². The maximum atomic E-state index is 13.1. The highest BCUT2D eigenvalue weighted by molar-refractivity contribution is 7.80. The minimum absolute atomic E-state index is 0.0135. The lowest BCUT2D eigenvalue weighted by Gasteiger charge is -2.35. The molecule has 1 heterocycles. The molecule has 0 radical (unpaired) electrons. The summed E-state index contributed by atoms with van der Waals surface area (Å²) in [6, 6.07) is 3.02. The maximum Gasteiger partial charge on any atom is 0.472 e. The zero-order valence-corrected chi connectivity index (χ0v) is 40.3. The average Bonchev–Trinajstić information content (AvgIpc) is 3.26. The molecule has 1 aliphatic rings. The predicted molar refractivity (Wildman–Crippen MR) is 244 cm³/mol. The fourth-order valence-electron chi connectivity index (χ4n) is 6.38. The first kappa shape index (κ1) is 60.0. The molecule has 70 heavy (non-hydrogen) atoms. The Kier molecular flexibility index (Phi) is 26.7. The monoisotopic (exact) mass is 1040 g/mol. The Morgan fingerprint density at radius 1 is 0.686 bits per heavy atom. The van der Waals surface area contributed by atoms with E-state index in [1.807, 2.05) is 0 Å². The lowest BCUT2D eigenvalue weighted by atomic mass is 10.0. The van der Waals surface area contributed by atoms with Crippen LogP contribution in [-0.2, 0) is 66.2 Å². The van der Waals surface area contributed by atoms with Gasteiger partial charge in [0, 0.05) is 84.0 Å². The van der Waals surface area contributed by atoms with E-state index in [9.17, 15) is 73.0 Å². The van der Waals surface area contributed by atoms with Gasteiger partial charge in [0.2, 0.25) is 17.7 Å². The third kappa shape index (κ3) is 25.5. The Morgan fingerprint density at radius 2 is 1.17 bits per heavy atom. The zero-order chi connectivity index (χ0) is 52.4. The number of phosphoric ester groups is 1. The Morgan fingerprint density at radius 3 is 1.63 bits per heavy atom. The Balaban J connectivity index is 1.97. The van der Waals surface area contributed by atoms with Crippen molar-refractivity contribution in [1.29, 1.82) is 0 Å². The van der Waals surface area contributed by atoms with Crippen LogP contribution in [0.15, 0.2) is 18.2 Å². The van der Waals surface area contributed by atoms with Gasteiger partial charge >= 0.3 is 43.6 Å². The molecule has 3 unspecified atom stereocenters. The minimum atomic E-state index is -4.69. The van der Waals surface area contributed by atoms with Gasteiger partial charge < -0.3 is 66.1 Å². The number of benzene rings is 1. The standard InChI is InChI=1S/C39H60N9O20PS/c1-25(49)65-23-28(68-26(2)50)24-67-69(62,63)66-15-6-40-31(51)17-41-32(52)18-42-33(53)19-43-39(70)44-27-4-5-30(64-3)29(16-27)37(38(60)61)48-13-11-46(21-35(56)57)9-7-45(20-34(54)55)8-10-47(12-14-48)22-36(58)59/h4-5,16,28,37H,6-15,17-24H2,1-3H3,(H,40,51)(H,41,52)(H,42,53)(H,54,55)(H,56,57)(H,58,59)(H,60,61)(H,62,63)(H2,43,44,70). The second-order valence-corrected chi connectivity index (χ2v) is 16.9. The van der Waals surface area contributed by atoms with E-state index in [1.54, 1.807) is 19.6 Å². The number of nitrogens with zero attached hydrogens (tertiary/aromatic N) is 4. The summed E-state index contributed by atoms with van der Waals surface area (Å²) in [6.07, 6.45) is -1.20. The normalized spacial score (nSPS) is 16.0. The summed E-state index contributed by atoms with van der Waals surface area (Å²) in [4.78, 5) is 123. The highest BCUT2D eigenvalue weighted by Crippen LogP contribution is 2.43. The van der Waals surface area contributed by atoms with Gasteiger partial charge in [-0.15, -0.1) is 0 Å². The highest BCUT2D eigenvalue weighted by atomic mass is 32.1. The summed E-state index contributed by atoms with van der Waals surface area (Å²) in [7, 11) is -3.36. The van der Waals surface area contributed by atoms with Crippen molar-refractivity contribution in [2.24, 2.45) is 0 Å². The van der Waals surface area contributed by atoms with Crippen molar-refractivity contribution in [3.63, 3.8) is 0 Å². The van der Waals surface area contributed by atoms with Crippen LogP contribution in [0.1, 0.15) is 25.5 Å².